The van der Waals surface area contributed by atoms with Crippen LogP contribution >= 0.6 is 10.7 Å². The van der Waals surface area contributed by atoms with E-state index in [0.29, 0.717) is 5.69 Å². The summed E-state index contributed by atoms with van der Waals surface area (Å²) in [5, 5.41) is 0. The minimum atomic E-state index is -3.81. The van der Waals surface area contributed by atoms with E-state index in [1.807, 2.05) is 13.8 Å². The van der Waals surface area contributed by atoms with Crippen LogP contribution in [0.2, 0.25) is 0 Å². The zero-order valence-electron chi connectivity index (χ0n) is 11.8. The molecule has 0 saturated heterocycles. The van der Waals surface area contributed by atoms with Crippen LogP contribution in [-0.2, 0) is 9.05 Å². The van der Waals surface area contributed by atoms with Crippen LogP contribution in [0.3, 0.4) is 0 Å². The quantitative estimate of drug-likeness (QED) is 0.784. The number of carbonyl (C=O) groups excluding carboxylic acids is 1. The smallest absolute Gasteiger partial charge is 0.270 e. The van der Waals surface area contributed by atoms with Crippen LogP contribution in [0.4, 0.5) is 0 Å². The zero-order chi connectivity index (χ0) is 15.1. The molecule has 1 aromatic rings. The van der Waals surface area contributed by atoms with E-state index >= 15 is 0 Å². The molecule has 0 bridgehead atoms. The maximum atomic E-state index is 12.5. The summed E-state index contributed by atoms with van der Waals surface area (Å²) < 4.78 is 24.6. The van der Waals surface area contributed by atoms with Crippen LogP contribution in [0.25, 0.3) is 0 Å². The molecule has 1 heterocycles. The first kappa shape index (κ1) is 15.4. The minimum Gasteiger partial charge on any atom is -0.339 e. The van der Waals surface area contributed by atoms with Gasteiger partial charge >= 0.3 is 0 Å². The molecule has 0 spiro atoms. The molecule has 1 atom stereocenters. The highest BCUT2D eigenvalue weighted by molar-refractivity contribution is 8.13. The third-order valence-electron chi connectivity index (χ3n) is 3.84. The van der Waals surface area contributed by atoms with Crippen molar-refractivity contribution >= 4 is 25.6 Å². The molecule has 0 aromatic carbocycles. The fraction of sp³-hybridized carbons (Fsp3) is 0.615. The Balaban J connectivity index is 2.40. The summed E-state index contributed by atoms with van der Waals surface area (Å²) in [6.07, 6.45) is 4.23. The first-order valence-electron chi connectivity index (χ1n) is 6.69. The third-order valence-corrected chi connectivity index (χ3v) is 5.16. The molecular formula is C13H19ClN2O3S. The Morgan fingerprint density at radius 3 is 2.60 bits per heavy atom. The molecule has 20 heavy (non-hydrogen) atoms. The van der Waals surface area contributed by atoms with Gasteiger partial charge in [0.25, 0.3) is 15.0 Å². The van der Waals surface area contributed by atoms with Gasteiger partial charge in [-0.2, -0.15) is 0 Å². The van der Waals surface area contributed by atoms with E-state index in [4.69, 9.17) is 10.7 Å². The number of halogens is 1. The predicted octanol–water partition coefficient (Wildman–Crippen LogP) is 2.62. The maximum absolute atomic E-state index is 12.5. The van der Waals surface area contributed by atoms with Crippen LogP contribution in [0.5, 0.6) is 0 Å². The Hall–Kier alpha value is -1.01. The van der Waals surface area contributed by atoms with E-state index in [1.165, 1.54) is 12.3 Å². The molecule has 1 unspecified atom stereocenters. The molecule has 1 amide bonds. The van der Waals surface area contributed by atoms with Crippen LogP contribution in [0.15, 0.2) is 17.2 Å². The Labute approximate surface area is 123 Å². The Morgan fingerprint density at radius 1 is 1.55 bits per heavy atom. The largest absolute Gasteiger partial charge is 0.339 e. The number of carbonyl (C=O) groups is 1. The first-order chi connectivity index (χ1) is 9.25. The van der Waals surface area contributed by atoms with Crippen molar-refractivity contribution in [1.82, 2.24) is 9.47 Å². The fourth-order valence-corrected chi connectivity index (χ4v) is 2.81. The molecule has 1 saturated carbocycles. The van der Waals surface area contributed by atoms with Gasteiger partial charge in [0.2, 0.25) is 0 Å². The summed E-state index contributed by atoms with van der Waals surface area (Å²) in [5.74, 6) is -0.169. The van der Waals surface area contributed by atoms with Crippen molar-refractivity contribution in [3.05, 3.63) is 18.0 Å². The molecule has 7 heteroatoms. The molecule has 2 rings (SSSR count). The lowest BCUT2D eigenvalue weighted by atomic mass is 10.2. The van der Waals surface area contributed by atoms with Gasteiger partial charge in [-0.15, -0.1) is 0 Å². The van der Waals surface area contributed by atoms with Crippen LogP contribution in [-0.4, -0.2) is 36.9 Å². The zero-order valence-corrected chi connectivity index (χ0v) is 13.4. The first-order valence-corrected chi connectivity index (χ1v) is 9.00. The van der Waals surface area contributed by atoms with Gasteiger partial charge in [0, 0.05) is 36.0 Å². The second-order valence-corrected chi connectivity index (χ2v) is 7.88. The van der Waals surface area contributed by atoms with Gasteiger partial charge in [-0.25, -0.2) is 8.42 Å². The number of amides is 1. The number of hydrogen-bond acceptors (Lipinski definition) is 3. The monoisotopic (exact) mass is 318 g/mol. The molecular weight excluding hydrogens is 300 g/mol. The van der Waals surface area contributed by atoms with Crippen molar-refractivity contribution in [3.63, 3.8) is 0 Å². The average Bonchev–Trinajstić information content (AvgIpc) is 3.13. The average molecular weight is 319 g/mol. The van der Waals surface area contributed by atoms with E-state index in [1.54, 1.807) is 16.5 Å². The Kier molecular flexibility index (Phi) is 4.16. The molecule has 112 valence electrons. The van der Waals surface area contributed by atoms with Crippen LogP contribution < -0.4 is 0 Å². The summed E-state index contributed by atoms with van der Waals surface area (Å²) in [5.41, 5.74) is 0.398. The predicted molar refractivity (Wildman–Crippen MR) is 77.6 cm³/mol. The topological polar surface area (TPSA) is 59.4 Å². The van der Waals surface area contributed by atoms with E-state index in [-0.39, 0.29) is 22.9 Å². The second kappa shape index (κ2) is 5.41. The van der Waals surface area contributed by atoms with Gasteiger partial charge in [-0.3, -0.25) is 4.79 Å². The number of hydrogen-bond donors (Lipinski definition) is 0. The van der Waals surface area contributed by atoms with Crippen molar-refractivity contribution in [2.75, 3.05) is 7.05 Å². The lowest BCUT2D eigenvalue weighted by Crippen LogP contribution is -2.35. The van der Waals surface area contributed by atoms with E-state index in [9.17, 15) is 13.2 Å². The van der Waals surface area contributed by atoms with Crippen molar-refractivity contribution in [1.29, 1.82) is 0 Å². The Morgan fingerprint density at radius 2 is 2.15 bits per heavy atom. The molecule has 5 nitrogen and oxygen atoms in total. The second-order valence-electron chi connectivity index (χ2n) is 5.31. The maximum Gasteiger partial charge on any atom is 0.270 e. The number of nitrogens with zero attached hydrogens (tertiary/aromatic N) is 2. The molecule has 1 aliphatic rings. The van der Waals surface area contributed by atoms with Gasteiger partial charge in [-0.1, -0.05) is 6.92 Å². The van der Waals surface area contributed by atoms with E-state index in [0.717, 1.165) is 19.3 Å². The van der Waals surface area contributed by atoms with E-state index in [2.05, 4.69) is 0 Å². The van der Waals surface area contributed by atoms with Crippen molar-refractivity contribution < 1.29 is 13.2 Å². The summed E-state index contributed by atoms with van der Waals surface area (Å²) >= 11 is 0. The standard InChI is InChI=1S/C13H19ClN2O3S/c1-4-9(2)15(3)13(17)12-7-11(20(14,18)19)8-16(12)10-5-6-10/h7-10H,4-6H2,1-3H3. The highest BCUT2D eigenvalue weighted by atomic mass is 35.7. The molecule has 0 aliphatic heterocycles. The van der Waals surface area contributed by atoms with Crippen molar-refractivity contribution in [2.45, 2.75) is 50.1 Å². The van der Waals surface area contributed by atoms with Gasteiger partial charge in [0.05, 0.1) is 0 Å². The highest BCUT2D eigenvalue weighted by Gasteiger charge is 2.31. The third kappa shape index (κ3) is 3.01. The van der Waals surface area contributed by atoms with Crippen LogP contribution in [0.1, 0.15) is 49.6 Å². The van der Waals surface area contributed by atoms with Gasteiger partial charge in [0.1, 0.15) is 10.6 Å². The lowest BCUT2D eigenvalue weighted by molar-refractivity contribution is 0.0729. The summed E-state index contributed by atoms with van der Waals surface area (Å²) in [4.78, 5) is 14.1. The van der Waals surface area contributed by atoms with Crippen molar-refractivity contribution in [3.8, 4) is 0 Å². The normalized spacial score (nSPS) is 17.0. The van der Waals surface area contributed by atoms with Gasteiger partial charge in [0.15, 0.2) is 0 Å². The lowest BCUT2D eigenvalue weighted by Gasteiger charge is -2.24. The molecule has 0 N–H and O–H groups in total. The van der Waals surface area contributed by atoms with Gasteiger partial charge < -0.3 is 9.47 Å². The SMILES string of the molecule is CCC(C)N(C)C(=O)c1cc(S(=O)(=O)Cl)cn1C1CC1. The Bertz CT molecular complexity index is 620. The summed E-state index contributed by atoms with van der Waals surface area (Å²) in [6, 6.07) is 1.69. The number of rotatable bonds is 5. The molecule has 1 aliphatic carbocycles. The van der Waals surface area contributed by atoms with E-state index < -0.39 is 9.05 Å². The van der Waals surface area contributed by atoms with Gasteiger partial charge in [-0.05, 0) is 32.3 Å². The fourth-order valence-electron chi connectivity index (χ4n) is 2.07. The number of aromatic nitrogens is 1. The molecule has 0 radical (unpaired) electrons. The molecule has 1 fully saturated rings. The van der Waals surface area contributed by atoms with Crippen LogP contribution in [0, 0.1) is 0 Å². The highest BCUT2D eigenvalue weighted by Crippen LogP contribution is 2.38. The minimum absolute atomic E-state index is 0.00744. The summed E-state index contributed by atoms with van der Waals surface area (Å²) in [7, 11) is 3.29. The summed E-state index contributed by atoms with van der Waals surface area (Å²) in [6.45, 7) is 3.96. The molecule has 1 aromatic heterocycles. The van der Waals surface area contributed by atoms with Crippen molar-refractivity contribution in [2.24, 2.45) is 0 Å².